The molecule has 2 N–H and O–H groups in total. The second kappa shape index (κ2) is 5.65. The SMILES string of the molecule is CCC1CCCCN1S(=O)(=O)c1c(F)cc(N)cc1F. The van der Waals surface area contributed by atoms with Gasteiger partial charge in [0.05, 0.1) is 0 Å². The van der Waals surface area contributed by atoms with E-state index in [4.69, 9.17) is 5.73 Å². The highest BCUT2D eigenvalue weighted by Crippen LogP contribution is 2.30. The van der Waals surface area contributed by atoms with Crippen molar-refractivity contribution in [2.45, 2.75) is 43.5 Å². The second-order valence-corrected chi connectivity index (χ2v) is 6.81. The van der Waals surface area contributed by atoms with Crippen LogP contribution in [0.3, 0.4) is 0 Å². The summed E-state index contributed by atoms with van der Waals surface area (Å²) in [4.78, 5) is -0.896. The maximum atomic E-state index is 13.9. The zero-order valence-electron chi connectivity index (χ0n) is 11.3. The fourth-order valence-corrected chi connectivity index (χ4v) is 4.50. The topological polar surface area (TPSA) is 63.4 Å². The lowest BCUT2D eigenvalue weighted by Gasteiger charge is -2.34. The summed E-state index contributed by atoms with van der Waals surface area (Å²) in [6.07, 6.45) is 2.97. The number of nitrogens with zero attached hydrogens (tertiary/aromatic N) is 1. The molecule has 1 aromatic carbocycles. The number of hydrogen-bond donors (Lipinski definition) is 1. The molecule has 1 aliphatic rings. The highest BCUT2D eigenvalue weighted by molar-refractivity contribution is 7.89. The third-order valence-corrected chi connectivity index (χ3v) is 5.64. The molecular weight excluding hydrogens is 286 g/mol. The molecule has 0 saturated carbocycles. The van der Waals surface area contributed by atoms with Gasteiger partial charge in [-0.1, -0.05) is 13.3 Å². The van der Waals surface area contributed by atoms with E-state index in [9.17, 15) is 17.2 Å². The molecule has 1 saturated heterocycles. The molecule has 0 spiro atoms. The third-order valence-electron chi connectivity index (χ3n) is 3.63. The zero-order chi connectivity index (χ0) is 14.9. The molecule has 7 heteroatoms. The monoisotopic (exact) mass is 304 g/mol. The standard InChI is InChI=1S/C13H18F2N2O2S/c1-2-10-5-3-4-6-17(10)20(18,19)13-11(14)7-9(16)8-12(13)15/h7-8,10H,2-6,16H2,1H3. The van der Waals surface area contributed by atoms with Gasteiger partial charge in [0.15, 0.2) is 4.90 Å². The Morgan fingerprint density at radius 2 is 1.90 bits per heavy atom. The van der Waals surface area contributed by atoms with Crippen molar-refractivity contribution >= 4 is 15.7 Å². The predicted molar refractivity (Wildman–Crippen MR) is 72.6 cm³/mol. The number of sulfonamides is 1. The van der Waals surface area contributed by atoms with Crippen molar-refractivity contribution < 1.29 is 17.2 Å². The summed E-state index contributed by atoms with van der Waals surface area (Å²) in [6.45, 7) is 2.16. The number of nitrogen functional groups attached to an aromatic ring is 1. The molecule has 0 aliphatic carbocycles. The molecule has 20 heavy (non-hydrogen) atoms. The van der Waals surface area contributed by atoms with E-state index >= 15 is 0 Å². The quantitative estimate of drug-likeness (QED) is 0.873. The summed E-state index contributed by atoms with van der Waals surface area (Å²) in [5, 5.41) is 0. The van der Waals surface area contributed by atoms with E-state index in [-0.39, 0.29) is 11.7 Å². The minimum Gasteiger partial charge on any atom is -0.399 e. The highest BCUT2D eigenvalue weighted by atomic mass is 32.2. The van der Waals surface area contributed by atoms with Crippen LogP contribution in [0.1, 0.15) is 32.6 Å². The number of rotatable bonds is 3. The Morgan fingerprint density at radius 1 is 1.30 bits per heavy atom. The number of nitrogens with two attached hydrogens (primary N) is 1. The normalized spacial score (nSPS) is 21.1. The van der Waals surface area contributed by atoms with E-state index in [1.54, 1.807) is 0 Å². The largest absolute Gasteiger partial charge is 0.399 e. The van der Waals surface area contributed by atoms with E-state index in [1.165, 1.54) is 4.31 Å². The summed E-state index contributed by atoms with van der Waals surface area (Å²) < 4.78 is 54.0. The summed E-state index contributed by atoms with van der Waals surface area (Å²) in [5.41, 5.74) is 5.18. The molecule has 2 rings (SSSR count). The molecule has 1 aromatic rings. The summed E-state index contributed by atoms with van der Waals surface area (Å²) in [7, 11) is -4.17. The number of halogens is 2. The van der Waals surface area contributed by atoms with Crippen molar-refractivity contribution in [2.24, 2.45) is 0 Å². The Labute approximate surface area is 117 Å². The third kappa shape index (κ3) is 2.64. The van der Waals surface area contributed by atoms with Gasteiger partial charge >= 0.3 is 0 Å². The van der Waals surface area contributed by atoms with Crippen LogP contribution in [0.5, 0.6) is 0 Å². The van der Waals surface area contributed by atoms with E-state index in [0.29, 0.717) is 25.8 Å². The van der Waals surface area contributed by atoms with Crippen molar-refractivity contribution in [3.63, 3.8) is 0 Å². The molecule has 4 nitrogen and oxygen atoms in total. The summed E-state index contributed by atoms with van der Waals surface area (Å²) >= 11 is 0. The Hall–Kier alpha value is -1.21. The highest BCUT2D eigenvalue weighted by Gasteiger charge is 2.36. The number of piperidine rings is 1. The van der Waals surface area contributed by atoms with Gasteiger partial charge in [-0.15, -0.1) is 0 Å². The molecule has 112 valence electrons. The second-order valence-electron chi connectivity index (χ2n) is 4.99. The van der Waals surface area contributed by atoms with Crippen LogP contribution < -0.4 is 5.73 Å². The smallest absolute Gasteiger partial charge is 0.249 e. The molecule has 1 heterocycles. The van der Waals surface area contributed by atoms with Gasteiger partial charge in [-0.2, -0.15) is 4.31 Å². The van der Waals surface area contributed by atoms with Crippen LogP contribution in [0.25, 0.3) is 0 Å². The minimum atomic E-state index is -4.17. The Balaban J connectivity index is 2.49. The Kier molecular flexibility index (Phi) is 4.29. The number of hydrogen-bond acceptors (Lipinski definition) is 3. The van der Waals surface area contributed by atoms with Crippen molar-refractivity contribution in [3.8, 4) is 0 Å². The number of anilines is 1. The molecule has 1 aliphatic heterocycles. The van der Waals surface area contributed by atoms with Crippen LogP contribution in [0, 0.1) is 11.6 Å². The van der Waals surface area contributed by atoms with Crippen molar-refractivity contribution in [2.75, 3.05) is 12.3 Å². The van der Waals surface area contributed by atoms with Crippen LogP contribution in [-0.4, -0.2) is 25.3 Å². The van der Waals surface area contributed by atoms with Crippen LogP contribution in [0.2, 0.25) is 0 Å². The first-order valence-corrected chi connectivity index (χ1v) is 8.08. The van der Waals surface area contributed by atoms with Crippen LogP contribution >= 0.6 is 0 Å². The van der Waals surface area contributed by atoms with Gasteiger partial charge in [-0.05, 0) is 31.4 Å². The van der Waals surface area contributed by atoms with Crippen molar-refractivity contribution in [3.05, 3.63) is 23.8 Å². The van der Waals surface area contributed by atoms with E-state index < -0.39 is 26.6 Å². The molecule has 1 unspecified atom stereocenters. The van der Waals surface area contributed by atoms with Crippen LogP contribution in [0.15, 0.2) is 17.0 Å². The molecule has 0 aromatic heterocycles. The lowest BCUT2D eigenvalue weighted by Crippen LogP contribution is -2.43. The molecule has 1 fully saturated rings. The average Bonchev–Trinajstić information content (AvgIpc) is 2.37. The molecule has 0 radical (unpaired) electrons. The van der Waals surface area contributed by atoms with Crippen LogP contribution in [-0.2, 0) is 10.0 Å². The van der Waals surface area contributed by atoms with E-state index in [0.717, 1.165) is 18.6 Å². The molecule has 0 amide bonds. The lowest BCUT2D eigenvalue weighted by atomic mass is 10.0. The maximum Gasteiger partial charge on any atom is 0.249 e. The fourth-order valence-electron chi connectivity index (χ4n) is 2.64. The van der Waals surface area contributed by atoms with Gasteiger partial charge in [0, 0.05) is 18.3 Å². The van der Waals surface area contributed by atoms with Gasteiger partial charge < -0.3 is 5.73 Å². The first kappa shape index (κ1) is 15.2. The minimum absolute atomic E-state index is 0.135. The molecule has 1 atom stereocenters. The molecule has 0 bridgehead atoms. The van der Waals surface area contributed by atoms with Crippen molar-refractivity contribution in [1.29, 1.82) is 0 Å². The van der Waals surface area contributed by atoms with Gasteiger partial charge in [0.1, 0.15) is 11.6 Å². The first-order chi connectivity index (χ1) is 9.37. The van der Waals surface area contributed by atoms with Crippen molar-refractivity contribution in [1.82, 2.24) is 4.31 Å². The fraction of sp³-hybridized carbons (Fsp3) is 0.538. The lowest BCUT2D eigenvalue weighted by molar-refractivity contribution is 0.245. The Bertz CT molecular complexity index is 581. The number of benzene rings is 1. The van der Waals surface area contributed by atoms with E-state index in [2.05, 4.69) is 0 Å². The van der Waals surface area contributed by atoms with Gasteiger partial charge in [0.2, 0.25) is 10.0 Å². The summed E-state index contributed by atoms with van der Waals surface area (Å²) in [6, 6.07) is 1.46. The average molecular weight is 304 g/mol. The van der Waals surface area contributed by atoms with E-state index in [1.807, 2.05) is 6.92 Å². The zero-order valence-corrected chi connectivity index (χ0v) is 12.1. The Morgan fingerprint density at radius 3 is 2.45 bits per heavy atom. The van der Waals surface area contributed by atoms with Gasteiger partial charge in [-0.25, -0.2) is 17.2 Å². The van der Waals surface area contributed by atoms with Crippen LogP contribution in [0.4, 0.5) is 14.5 Å². The van der Waals surface area contributed by atoms with Gasteiger partial charge in [0.25, 0.3) is 0 Å². The summed E-state index contributed by atoms with van der Waals surface area (Å²) in [5.74, 6) is -2.27. The maximum absolute atomic E-state index is 13.9. The first-order valence-electron chi connectivity index (χ1n) is 6.64. The van der Waals surface area contributed by atoms with Gasteiger partial charge in [-0.3, -0.25) is 0 Å². The molecular formula is C13H18F2N2O2S. The predicted octanol–water partition coefficient (Wildman–Crippen LogP) is 2.50.